The van der Waals surface area contributed by atoms with Gasteiger partial charge >= 0.3 is 0 Å². The van der Waals surface area contributed by atoms with Gasteiger partial charge in [0, 0.05) is 0 Å². The molecule has 1 aliphatic rings. The summed E-state index contributed by atoms with van der Waals surface area (Å²) in [6.45, 7) is 8.25. The van der Waals surface area contributed by atoms with E-state index in [1.807, 2.05) is 6.92 Å². The van der Waals surface area contributed by atoms with Crippen LogP contribution in [0.15, 0.2) is 12.2 Å². The van der Waals surface area contributed by atoms with Crippen molar-refractivity contribution in [2.45, 2.75) is 38.9 Å². The second-order valence-electron chi connectivity index (χ2n) is 3.65. The lowest BCUT2D eigenvalue weighted by molar-refractivity contribution is 0.238. The van der Waals surface area contributed by atoms with Crippen LogP contribution < -0.4 is 0 Å². The second kappa shape index (κ2) is 4.06. The van der Waals surface area contributed by atoms with Crippen LogP contribution in [0.5, 0.6) is 0 Å². The van der Waals surface area contributed by atoms with E-state index >= 15 is 0 Å². The molecule has 2 nitrogen and oxygen atoms in total. The minimum absolute atomic E-state index is 0.106. The first-order valence-corrected chi connectivity index (χ1v) is 4.59. The van der Waals surface area contributed by atoms with E-state index in [2.05, 4.69) is 13.5 Å². The van der Waals surface area contributed by atoms with Crippen molar-refractivity contribution in [2.24, 2.45) is 5.92 Å². The first-order chi connectivity index (χ1) is 5.69. The van der Waals surface area contributed by atoms with Gasteiger partial charge in [-0.05, 0) is 19.3 Å². The van der Waals surface area contributed by atoms with Crippen LogP contribution >= 0.6 is 0 Å². The fraction of sp³-hybridized carbons (Fsp3) is 0.800. The lowest BCUT2D eigenvalue weighted by atomic mass is 9.93. The molecule has 0 radical (unpaired) electrons. The number of rotatable bonds is 5. The van der Waals surface area contributed by atoms with Crippen LogP contribution in [0.2, 0.25) is 0 Å². The lowest BCUT2D eigenvalue weighted by Gasteiger charge is -2.11. The third-order valence-corrected chi connectivity index (χ3v) is 2.40. The summed E-state index contributed by atoms with van der Waals surface area (Å²) < 4.78 is 5.33. The number of aliphatic hydroxyl groups excluding tert-OH is 1. The van der Waals surface area contributed by atoms with Gasteiger partial charge in [0.2, 0.25) is 0 Å². The molecule has 1 fully saturated rings. The van der Waals surface area contributed by atoms with E-state index in [9.17, 15) is 0 Å². The van der Waals surface area contributed by atoms with Crippen LogP contribution in [-0.4, -0.2) is 23.9 Å². The van der Waals surface area contributed by atoms with Crippen LogP contribution in [0.25, 0.3) is 0 Å². The van der Waals surface area contributed by atoms with Crippen molar-refractivity contribution in [1.29, 1.82) is 0 Å². The quantitative estimate of drug-likeness (QED) is 0.503. The maximum atomic E-state index is 8.81. The molecule has 0 amide bonds. The molecule has 3 atom stereocenters. The van der Waals surface area contributed by atoms with Crippen molar-refractivity contribution in [3.05, 3.63) is 12.2 Å². The molecule has 0 bridgehead atoms. The summed E-state index contributed by atoms with van der Waals surface area (Å²) in [7, 11) is 0. The Morgan fingerprint density at radius 1 is 1.67 bits per heavy atom. The van der Waals surface area contributed by atoms with Gasteiger partial charge in [0.1, 0.15) is 6.10 Å². The van der Waals surface area contributed by atoms with E-state index in [1.165, 1.54) is 5.57 Å². The summed E-state index contributed by atoms with van der Waals surface area (Å²) in [6.07, 6.45) is 2.53. The molecule has 0 spiro atoms. The van der Waals surface area contributed by atoms with Crippen LogP contribution in [0.1, 0.15) is 26.7 Å². The highest BCUT2D eigenvalue weighted by molar-refractivity contribution is 4.98. The molecule has 70 valence electrons. The number of aliphatic hydroxyl groups is 1. The Bertz CT molecular complexity index is 165. The van der Waals surface area contributed by atoms with Gasteiger partial charge < -0.3 is 9.84 Å². The molecule has 0 unspecified atom stereocenters. The molecule has 0 aromatic rings. The topological polar surface area (TPSA) is 32.8 Å². The number of hydrogen-bond acceptors (Lipinski definition) is 2. The van der Waals surface area contributed by atoms with Crippen molar-refractivity contribution < 1.29 is 9.84 Å². The zero-order chi connectivity index (χ0) is 9.14. The summed E-state index contributed by atoms with van der Waals surface area (Å²) in [5.41, 5.74) is 1.20. The fourth-order valence-electron chi connectivity index (χ4n) is 1.66. The molecule has 2 heteroatoms. The summed E-state index contributed by atoms with van der Waals surface area (Å²) in [4.78, 5) is 0. The van der Waals surface area contributed by atoms with Gasteiger partial charge in [-0.1, -0.05) is 18.9 Å². The van der Waals surface area contributed by atoms with Gasteiger partial charge in [-0.15, -0.1) is 6.58 Å². The highest BCUT2D eigenvalue weighted by Crippen LogP contribution is 2.34. The largest absolute Gasteiger partial charge is 0.394 e. The number of epoxide rings is 1. The van der Waals surface area contributed by atoms with E-state index in [4.69, 9.17) is 9.84 Å². The molecule has 0 aromatic heterocycles. The molecule has 0 saturated carbocycles. The molecule has 1 N–H and O–H groups in total. The average molecular weight is 170 g/mol. The van der Waals surface area contributed by atoms with Crippen LogP contribution in [0.3, 0.4) is 0 Å². The van der Waals surface area contributed by atoms with Gasteiger partial charge in [-0.3, -0.25) is 0 Å². The molecule has 1 saturated heterocycles. The molecule has 1 aliphatic heterocycles. The normalized spacial score (nSPS) is 29.9. The molecule has 1 heterocycles. The fourth-order valence-corrected chi connectivity index (χ4v) is 1.66. The smallest absolute Gasteiger partial charge is 0.107 e. The third kappa shape index (κ3) is 2.32. The van der Waals surface area contributed by atoms with Crippen LogP contribution in [0, 0.1) is 5.92 Å². The van der Waals surface area contributed by atoms with E-state index in [0.29, 0.717) is 5.92 Å². The molecule has 0 aliphatic carbocycles. The Hall–Kier alpha value is -0.340. The second-order valence-corrected chi connectivity index (χ2v) is 3.65. The molecule has 0 aromatic carbocycles. The predicted octanol–water partition coefficient (Wildman–Crippen LogP) is 1.74. The zero-order valence-electron chi connectivity index (χ0n) is 7.92. The molecule has 12 heavy (non-hydrogen) atoms. The maximum absolute atomic E-state index is 8.81. The molecular weight excluding hydrogens is 152 g/mol. The first kappa shape index (κ1) is 9.75. The predicted molar refractivity (Wildman–Crippen MR) is 49.0 cm³/mol. The number of hydrogen-bond donors (Lipinski definition) is 1. The Balaban J connectivity index is 2.32. The van der Waals surface area contributed by atoms with E-state index in [1.54, 1.807) is 0 Å². The summed E-state index contributed by atoms with van der Waals surface area (Å²) in [6, 6.07) is 0. The Morgan fingerprint density at radius 2 is 2.33 bits per heavy atom. The van der Waals surface area contributed by atoms with E-state index < -0.39 is 0 Å². The SMILES string of the molecule is C=C(C)C[C@@H](CC)[C@H]1O[C@@H]1CO. The average Bonchev–Trinajstić information content (AvgIpc) is 2.78. The van der Waals surface area contributed by atoms with Gasteiger partial charge in [-0.25, -0.2) is 0 Å². The molecule has 1 rings (SSSR count). The first-order valence-electron chi connectivity index (χ1n) is 4.59. The number of ether oxygens (including phenoxy) is 1. The lowest BCUT2D eigenvalue weighted by Crippen LogP contribution is -2.12. The van der Waals surface area contributed by atoms with E-state index in [0.717, 1.165) is 12.8 Å². The van der Waals surface area contributed by atoms with E-state index in [-0.39, 0.29) is 18.8 Å². The minimum Gasteiger partial charge on any atom is -0.394 e. The van der Waals surface area contributed by atoms with Gasteiger partial charge in [-0.2, -0.15) is 0 Å². The zero-order valence-corrected chi connectivity index (χ0v) is 7.92. The van der Waals surface area contributed by atoms with Crippen molar-refractivity contribution in [3.63, 3.8) is 0 Å². The highest BCUT2D eigenvalue weighted by Gasteiger charge is 2.42. The Morgan fingerprint density at radius 3 is 2.67 bits per heavy atom. The third-order valence-electron chi connectivity index (χ3n) is 2.40. The van der Waals surface area contributed by atoms with Crippen LogP contribution in [-0.2, 0) is 4.74 Å². The minimum atomic E-state index is 0.106. The van der Waals surface area contributed by atoms with Crippen molar-refractivity contribution in [3.8, 4) is 0 Å². The van der Waals surface area contributed by atoms with Crippen molar-refractivity contribution in [2.75, 3.05) is 6.61 Å². The standard InChI is InChI=1S/C10H18O2/c1-4-8(5-7(2)3)10-9(6-11)12-10/h8-11H,2,4-6H2,1,3H3/t8-,9-,10-/m1/s1. The Labute approximate surface area is 74.2 Å². The summed E-state index contributed by atoms with van der Waals surface area (Å²) in [5.74, 6) is 0.555. The summed E-state index contributed by atoms with van der Waals surface area (Å²) >= 11 is 0. The van der Waals surface area contributed by atoms with Gasteiger partial charge in [0.25, 0.3) is 0 Å². The van der Waals surface area contributed by atoms with Crippen molar-refractivity contribution in [1.82, 2.24) is 0 Å². The van der Waals surface area contributed by atoms with Gasteiger partial charge in [0.05, 0.1) is 12.7 Å². The molecular formula is C10H18O2. The summed E-state index contributed by atoms with van der Waals surface area (Å²) in [5, 5.41) is 8.81. The van der Waals surface area contributed by atoms with Gasteiger partial charge in [0.15, 0.2) is 0 Å². The monoisotopic (exact) mass is 170 g/mol. The highest BCUT2D eigenvalue weighted by atomic mass is 16.6. The maximum Gasteiger partial charge on any atom is 0.107 e. The number of allylic oxidation sites excluding steroid dienone is 1. The van der Waals surface area contributed by atoms with Crippen molar-refractivity contribution >= 4 is 0 Å². The van der Waals surface area contributed by atoms with Crippen LogP contribution in [0.4, 0.5) is 0 Å². The Kier molecular flexibility index (Phi) is 3.29.